The van der Waals surface area contributed by atoms with Crippen LogP contribution in [0.2, 0.25) is 0 Å². The van der Waals surface area contributed by atoms with Gasteiger partial charge in [0.15, 0.2) is 11.5 Å². The summed E-state index contributed by atoms with van der Waals surface area (Å²) < 4.78 is 15.8. The number of nitrogens with zero attached hydrogens (tertiary/aromatic N) is 3. The van der Waals surface area contributed by atoms with Gasteiger partial charge in [-0.25, -0.2) is 4.98 Å². The molecule has 0 saturated carbocycles. The fourth-order valence-corrected chi connectivity index (χ4v) is 5.12. The first-order valence-electron chi connectivity index (χ1n) is 11.1. The summed E-state index contributed by atoms with van der Waals surface area (Å²) in [5.41, 5.74) is 1.61. The number of hydrogen-bond donors (Lipinski definition) is 0. The second kappa shape index (κ2) is 10.9. The van der Waals surface area contributed by atoms with Crippen LogP contribution in [0.3, 0.4) is 0 Å². The van der Waals surface area contributed by atoms with Crippen LogP contribution in [-0.4, -0.2) is 23.0 Å². The second-order valence-corrected chi connectivity index (χ2v) is 11.8. The van der Waals surface area contributed by atoms with E-state index in [0.29, 0.717) is 40.4 Å². The molecule has 0 spiro atoms. The maximum absolute atomic E-state index is 13.5. The minimum absolute atomic E-state index is 0.244. The van der Waals surface area contributed by atoms with Crippen LogP contribution in [0.5, 0.6) is 11.5 Å². The summed E-state index contributed by atoms with van der Waals surface area (Å²) in [6, 6.07) is 16.9. The number of methoxy groups -OCH3 is 1. The zero-order chi connectivity index (χ0) is 26.0. The van der Waals surface area contributed by atoms with E-state index in [9.17, 15) is 4.79 Å². The monoisotopic (exact) mass is 675 g/mol. The van der Waals surface area contributed by atoms with E-state index in [4.69, 9.17) is 14.5 Å². The van der Waals surface area contributed by atoms with E-state index < -0.39 is 5.41 Å². The van der Waals surface area contributed by atoms with Gasteiger partial charge in [0.25, 0.3) is 5.56 Å². The molecule has 4 rings (SSSR count). The minimum atomic E-state index is -0.417. The Labute approximate surface area is 234 Å². The van der Waals surface area contributed by atoms with Gasteiger partial charge in [0.2, 0.25) is 0 Å². The average molecular weight is 678 g/mol. The zero-order valence-electron chi connectivity index (χ0n) is 20.2. The lowest BCUT2D eigenvalue weighted by atomic mass is 9.95. The molecule has 0 bridgehead atoms. The number of rotatable bonds is 6. The van der Waals surface area contributed by atoms with Crippen molar-refractivity contribution in [3.05, 3.63) is 95.3 Å². The molecule has 0 aliphatic rings. The molecule has 0 saturated heterocycles. The first kappa shape index (κ1) is 26.6. The summed E-state index contributed by atoms with van der Waals surface area (Å²) >= 11 is 10.5. The topological polar surface area (TPSA) is 65.7 Å². The van der Waals surface area contributed by atoms with Gasteiger partial charge in [0, 0.05) is 30.0 Å². The van der Waals surface area contributed by atoms with Crippen molar-refractivity contribution in [2.45, 2.75) is 32.8 Å². The number of ether oxygens (including phenoxy) is 2. The van der Waals surface area contributed by atoms with E-state index in [2.05, 4.69) is 52.9 Å². The van der Waals surface area contributed by atoms with Crippen molar-refractivity contribution >= 4 is 64.9 Å². The number of hydrogen-bond acceptors (Lipinski definition) is 5. The van der Waals surface area contributed by atoms with E-state index in [1.165, 1.54) is 4.68 Å². The fraction of sp³-hybridized carbons (Fsp3) is 0.222. The molecule has 4 aromatic rings. The van der Waals surface area contributed by atoms with Crippen molar-refractivity contribution in [3.63, 3.8) is 0 Å². The number of benzene rings is 3. The van der Waals surface area contributed by atoms with Gasteiger partial charge in [-0.1, -0.05) is 80.7 Å². The third-order valence-corrected chi connectivity index (χ3v) is 7.13. The summed E-state index contributed by atoms with van der Waals surface area (Å²) in [5.74, 6) is 1.65. The van der Waals surface area contributed by atoms with Gasteiger partial charge in [0.1, 0.15) is 12.4 Å². The Bertz CT molecular complexity index is 1520. The van der Waals surface area contributed by atoms with Crippen LogP contribution in [0.1, 0.15) is 37.7 Å². The second-order valence-electron chi connectivity index (χ2n) is 9.11. The molecule has 9 heteroatoms. The Kier molecular flexibility index (Phi) is 8.02. The predicted octanol–water partition coefficient (Wildman–Crippen LogP) is 7.45. The Hall–Kier alpha value is -2.49. The normalized spacial score (nSPS) is 11.9. The first-order chi connectivity index (χ1) is 17.1. The van der Waals surface area contributed by atoms with Gasteiger partial charge in [-0.3, -0.25) is 4.79 Å². The third kappa shape index (κ3) is 5.74. The highest BCUT2D eigenvalue weighted by molar-refractivity contribution is 9.11. The average Bonchev–Trinajstić information content (AvgIpc) is 2.82. The van der Waals surface area contributed by atoms with Crippen LogP contribution in [0.15, 0.2) is 77.9 Å². The van der Waals surface area contributed by atoms with E-state index in [0.717, 1.165) is 19.0 Å². The molecule has 0 aliphatic carbocycles. The fourth-order valence-electron chi connectivity index (χ4n) is 3.60. The summed E-state index contributed by atoms with van der Waals surface area (Å²) in [7, 11) is 1.59. The molecule has 36 heavy (non-hydrogen) atoms. The Morgan fingerprint density at radius 1 is 1.03 bits per heavy atom. The molecule has 0 radical (unpaired) electrons. The SMILES string of the molecule is COc1cccc(C=Nn2c(C(C)(C)C)nc3ccc(Br)cc3c2=O)c1OCc1ccc(Br)cc1Br. The molecule has 0 atom stereocenters. The van der Waals surface area contributed by atoms with Crippen LogP contribution in [0, 0.1) is 0 Å². The van der Waals surface area contributed by atoms with Crippen molar-refractivity contribution in [2.24, 2.45) is 5.10 Å². The van der Waals surface area contributed by atoms with Crippen LogP contribution in [0.4, 0.5) is 0 Å². The number of para-hydroxylation sites is 1. The molecule has 0 unspecified atom stereocenters. The first-order valence-corrected chi connectivity index (χ1v) is 13.5. The zero-order valence-corrected chi connectivity index (χ0v) is 24.9. The van der Waals surface area contributed by atoms with E-state index >= 15 is 0 Å². The Balaban J connectivity index is 1.78. The molecule has 1 heterocycles. The summed E-state index contributed by atoms with van der Waals surface area (Å²) in [6.45, 7) is 6.32. The highest BCUT2D eigenvalue weighted by Gasteiger charge is 2.23. The summed E-state index contributed by atoms with van der Waals surface area (Å²) in [5, 5.41) is 5.08. The molecular formula is C27H24Br3N3O3. The van der Waals surface area contributed by atoms with Crippen molar-refractivity contribution < 1.29 is 9.47 Å². The molecule has 0 amide bonds. The molecule has 0 N–H and O–H groups in total. The van der Waals surface area contributed by atoms with Gasteiger partial charge < -0.3 is 9.47 Å². The van der Waals surface area contributed by atoms with Gasteiger partial charge in [-0.15, -0.1) is 0 Å². The quantitative estimate of drug-likeness (QED) is 0.199. The summed E-state index contributed by atoms with van der Waals surface area (Å²) in [6.07, 6.45) is 1.61. The number of halogens is 3. The lowest BCUT2D eigenvalue weighted by Gasteiger charge is -2.21. The Morgan fingerprint density at radius 3 is 2.44 bits per heavy atom. The Morgan fingerprint density at radius 2 is 1.75 bits per heavy atom. The maximum Gasteiger partial charge on any atom is 0.282 e. The molecular weight excluding hydrogens is 654 g/mol. The van der Waals surface area contributed by atoms with Crippen molar-refractivity contribution in [2.75, 3.05) is 7.11 Å². The molecule has 0 fully saturated rings. The predicted molar refractivity (Wildman–Crippen MR) is 155 cm³/mol. The van der Waals surface area contributed by atoms with Gasteiger partial charge in [-0.2, -0.15) is 9.78 Å². The van der Waals surface area contributed by atoms with E-state index in [1.54, 1.807) is 19.4 Å². The van der Waals surface area contributed by atoms with Gasteiger partial charge in [0.05, 0.1) is 24.2 Å². The van der Waals surface area contributed by atoms with Crippen LogP contribution in [0.25, 0.3) is 10.9 Å². The van der Waals surface area contributed by atoms with Crippen molar-refractivity contribution in [1.29, 1.82) is 0 Å². The van der Waals surface area contributed by atoms with Crippen LogP contribution < -0.4 is 15.0 Å². The highest BCUT2D eigenvalue weighted by Crippen LogP contribution is 2.32. The largest absolute Gasteiger partial charge is 0.493 e. The smallest absolute Gasteiger partial charge is 0.282 e. The molecule has 6 nitrogen and oxygen atoms in total. The lowest BCUT2D eigenvalue weighted by molar-refractivity contribution is 0.283. The van der Waals surface area contributed by atoms with Crippen molar-refractivity contribution in [3.8, 4) is 11.5 Å². The van der Waals surface area contributed by atoms with E-state index in [-0.39, 0.29) is 5.56 Å². The summed E-state index contributed by atoms with van der Waals surface area (Å²) in [4.78, 5) is 18.2. The lowest BCUT2D eigenvalue weighted by Crippen LogP contribution is -2.29. The minimum Gasteiger partial charge on any atom is -0.493 e. The highest BCUT2D eigenvalue weighted by atomic mass is 79.9. The van der Waals surface area contributed by atoms with Crippen LogP contribution in [-0.2, 0) is 12.0 Å². The van der Waals surface area contributed by atoms with Gasteiger partial charge in [-0.05, 0) is 42.5 Å². The van der Waals surface area contributed by atoms with Crippen LogP contribution >= 0.6 is 47.8 Å². The number of aromatic nitrogens is 2. The van der Waals surface area contributed by atoms with E-state index in [1.807, 2.05) is 69.3 Å². The van der Waals surface area contributed by atoms with Gasteiger partial charge >= 0.3 is 0 Å². The van der Waals surface area contributed by atoms with Crippen molar-refractivity contribution in [1.82, 2.24) is 9.66 Å². The molecule has 186 valence electrons. The standard InChI is InChI=1S/C27H24Br3N3O3/c1-27(2,3)26-32-22-11-10-18(28)12-20(22)25(34)33(26)31-14-16-6-5-7-23(35-4)24(16)36-15-17-8-9-19(29)13-21(17)30/h5-14H,15H2,1-4H3. The molecule has 3 aromatic carbocycles. The number of fused-ring (bicyclic) bond motifs is 1. The molecule has 0 aliphatic heterocycles. The maximum atomic E-state index is 13.5. The third-order valence-electron chi connectivity index (χ3n) is 5.41. The molecule has 1 aromatic heterocycles.